The first kappa shape index (κ1) is 17.7. The van der Waals surface area contributed by atoms with Gasteiger partial charge in [0.05, 0.1) is 11.2 Å². The highest BCUT2D eigenvalue weighted by Gasteiger charge is 2.36. The van der Waals surface area contributed by atoms with Crippen LogP contribution in [0.1, 0.15) is 37.3 Å². The molecule has 24 heavy (non-hydrogen) atoms. The van der Waals surface area contributed by atoms with E-state index in [2.05, 4.69) is 9.80 Å². The standard InChI is InChI=1S/C18H25F3N2O/c1-17(24,14-5-4-6-15(11-14)18(19,20)21)13-22-10-7-16(12-22)23-8-2-3-9-23/h4-6,11,16,24H,2-3,7-10,12-13H2,1H3/t16-,17+/m0/s1. The Hall–Kier alpha value is -1.11. The molecule has 134 valence electrons. The van der Waals surface area contributed by atoms with Crippen LogP contribution >= 0.6 is 0 Å². The van der Waals surface area contributed by atoms with E-state index in [0.29, 0.717) is 18.2 Å². The second-order valence-corrected chi connectivity index (χ2v) is 7.27. The number of β-amino-alcohol motifs (C(OH)–C–C–N with tert-alkyl or cyclic N) is 1. The quantitative estimate of drug-likeness (QED) is 0.911. The predicted molar refractivity (Wildman–Crippen MR) is 86.7 cm³/mol. The first-order chi connectivity index (χ1) is 11.3. The van der Waals surface area contributed by atoms with Crippen LogP contribution in [0, 0.1) is 0 Å². The SMILES string of the molecule is C[C@@](O)(CN1CC[C@H](N2CCCC2)C1)c1cccc(C(F)(F)F)c1. The van der Waals surface area contributed by atoms with E-state index in [1.54, 1.807) is 13.0 Å². The van der Waals surface area contributed by atoms with Crippen molar-refractivity contribution in [3.8, 4) is 0 Å². The van der Waals surface area contributed by atoms with Crippen LogP contribution in [0.15, 0.2) is 24.3 Å². The molecule has 0 saturated carbocycles. The average Bonchev–Trinajstić information content (AvgIpc) is 3.17. The Balaban J connectivity index is 1.66. The molecule has 0 amide bonds. The number of aliphatic hydroxyl groups is 1. The summed E-state index contributed by atoms with van der Waals surface area (Å²) < 4.78 is 38.7. The molecule has 3 nitrogen and oxygen atoms in total. The fourth-order valence-electron chi connectivity index (χ4n) is 3.92. The van der Waals surface area contributed by atoms with Crippen LogP contribution in [0.3, 0.4) is 0 Å². The maximum Gasteiger partial charge on any atom is 0.416 e. The van der Waals surface area contributed by atoms with Crippen molar-refractivity contribution in [3.05, 3.63) is 35.4 Å². The van der Waals surface area contributed by atoms with Gasteiger partial charge in [-0.05, 0) is 63.5 Å². The summed E-state index contributed by atoms with van der Waals surface area (Å²) in [6.07, 6.45) is -0.823. The summed E-state index contributed by atoms with van der Waals surface area (Å²) in [5.41, 5.74) is -1.68. The van der Waals surface area contributed by atoms with Crippen molar-refractivity contribution in [1.29, 1.82) is 0 Å². The summed E-state index contributed by atoms with van der Waals surface area (Å²) in [5, 5.41) is 10.8. The van der Waals surface area contributed by atoms with Gasteiger partial charge in [0.2, 0.25) is 0 Å². The number of hydrogen-bond acceptors (Lipinski definition) is 3. The second kappa shape index (κ2) is 6.65. The molecule has 1 aromatic carbocycles. The fourth-order valence-corrected chi connectivity index (χ4v) is 3.92. The number of likely N-dealkylation sites (tertiary alicyclic amines) is 2. The van der Waals surface area contributed by atoms with E-state index >= 15 is 0 Å². The van der Waals surface area contributed by atoms with Crippen molar-refractivity contribution in [2.24, 2.45) is 0 Å². The van der Waals surface area contributed by atoms with Crippen LogP contribution in [0.25, 0.3) is 0 Å². The molecule has 0 unspecified atom stereocenters. The first-order valence-corrected chi connectivity index (χ1v) is 8.62. The van der Waals surface area contributed by atoms with Crippen LogP contribution in [-0.4, -0.2) is 53.7 Å². The van der Waals surface area contributed by atoms with Crippen LogP contribution in [0.2, 0.25) is 0 Å². The van der Waals surface area contributed by atoms with Crippen molar-refractivity contribution in [2.75, 3.05) is 32.7 Å². The normalized spacial score (nSPS) is 26.0. The monoisotopic (exact) mass is 342 g/mol. The van der Waals surface area contributed by atoms with Gasteiger partial charge in [0.15, 0.2) is 0 Å². The zero-order valence-corrected chi connectivity index (χ0v) is 14.0. The topological polar surface area (TPSA) is 26.7 Å². The molecule has 2 aliphatic heterocycles. The van der Waals surface area contributed by atoms with Crippen LogP contribution in [-0.2, 0) is 11.8 Å². The van der Waals surface area contributed by atoms with Gasteiger partial charge in [-0.2, -0.15) is 13.2 Å². The van der Waals surface area contributed by atoms with E-state index in [-0.39, 0.29) is 0 Å². The van der Waals surface area contributed by atoms with Gasteiger partial charge in [0, 0.05) is 19.1 Å². The minimum atomic E-state index is -4.39. The van der Waals surface area contributed by atoms with Gasteiger partial charge < -0.3 is 5.11 Å². The van der Waals surface area contributed by atoms with Gasteiger partial charge in [-0.25, -0.2) is 0 Å². The molecule has 0 bridgehead atoms. The summed E-state index contributed by atoms with van der Waals surface area (Å²) in [5.74, 6) is 0. The Labute approximate surface area is 141 Å². The smallest absolute Gasteiger partial charge is 0.384 e. The number of nitrogens with zero attached hydrogens (tertiary/aromatic N) is 2. The van der Waals surface area contributed by atoms with Crippen molar-refractivity contribution in [2.45, 2.75) is 44.0 Å². The Morgan fingerprint density at radius 3 is 2.46 bits per heavy atom. The van der Waals surface area contributed by atoms with E-state index in [4.69, 9.17) is 0 Å². The van der Waals surface area contributed by atoms with E-state index in [9.17, 15) is 18.3 Å². The van der Waals surface area contributed by atoms with E-state index < -0.39 is 17.3 Å². The van der Waals surface area contributed by atoms with Crippen molar-refractivity contribution >= 4 is 0 Å². The van der Waals surface area contributed by atoms with Gasteiger partial charge >= 0.3 is 6.18 Å². The Morgan fingerprint density at radius 1 is 1.12 bits per heavy atom. The van der Waals surface area contributed by atoms with E-state index in [1.165, 1.54) is 18.9 Å². The lowest BCUT2D eigenvalue weighted by atomic mass is 9.93. The molecule has 2 atom stereocenters. The van der Waals surface area contributed by atoms with E-state index in [1.807, 2.05) is 0 Å². The predicted octanol–water partition coefficient (Wildman–Crippen LogP) is 3.08. The summed E-state index contributed by atoms with van der Waals surface area (Å²) in [4.78, 5) is 4.67. The molecule has 2 heterocycles. The number of hydrogen-bond donors (Lipinski definition) is 1. The molecule has 0 aliphatic carbocycles. The van der Waals surface area contributed by atoms with Gasteiger partial charge in [0.25, 0.3) is 0 Å². The van der Waals surface area contributed by atoms with Gasteiger partial charge in [-0.15, -0.1) is 0 Å². The molecule has 3 rings (SSSR count). The highest BCUT2D eigenvalue weighted by molar-refractivity contribution is 5.30. The maximum absolute atomic E-state index is 12.9. The van der Waals surface area contributed by atoms with Crippen molar-refractivity contribution in [1.82, 2.24) is 9.80 Å². The zero-order chi connectivity index (χ0) is 17.4. The third-order valence-corrected chi connectivity index (χ3v) is 5.25. The fraction of sp³-hybridized carbons (Fsp3) is 0.667. The number of benzene rings is 1. The molecule has 0 aromatic heterocycles. The van der Waals surface area contributed by atoms with Crippen molar-refractivity contribution in [3.63, 3.8) is 0 Å². The largest absolute Gasteiger partial charge is 0.416 e. The summed E-state index contributed by atoms with van der Waals surface area (Å²) >= 11 is 0. The lowest BCUT2D eigenvalue weighted by Crippen LogP contribution is -2.40. The van der Waals surface area contributed by atoms with Crippen LogP contribution in [0.5, 0.6) is 0 Å². The Kier molecular flexibility index (Phi) is 4.91. The summed E-state index contributed by atoms with van der Waals surface area (Å²) in [6, 6.07) is 5.56. The lowest BCUT2D eigenvalue weighted by molar-refractivity contribution is -0.137. The number of rotatable bonds is 4. The first-order valence-electron chi connectivity index (χ1n) is 8.62. The summed E-state index contributed by atoms with van der Waals surface area (Å²) in [6.45, 7) is 6.01. The molecule has 0 radical (unpaired) electrons. The molecule has 2 fully saturated rings. The van der Waals surface area contributed by atoms with Crippen LogP contribution in [0.4, 0.5) is 13.2 Å². The van der Waals surface area contributed by atoms with Crippen LogP contribution < -0.4 is 0 Å². The van der Waals surface area contributed by atoms with Gasteiger partial charge in [0.1, 0.15) is 0 Å². The maximum atomic E-state index is 12.9. The van der Waals surface area contributed by atoms with Gasteiger partial charge in [-0.3, -0.25) is 9.80 Å². The molecule has 0 spiro atoms. The minimum absolute atomic E-state index is 0.321. The Morgan fingerprint density at radius 2 is 1.79 bits per heavy atom. The molecule has 2 aliphatic rings. The third kappa shape index (κ3) is 3.92. The molecule has 6 heteroatoms. The second-order valence-electron chi connectivity index (χ2n) is 7.27. The lowest BCUT2D eigenvalue weighted by Gasteiger charge is -2.30. The zero-order valence-electron chi connectivity index (χ0n) is 14.0. The number of halogens is 3. The highest BCUT2D eigenvalue weighted by atomic mass is 19.4. The molecule has 2 saturated heterocycles. The van der Waals surface area contributed by atoms with E-state index in [0.717, 1.165) is 44.7 Å². The summed E-state index contributed by atoms with van der Waals surface area (Å²) in [7, 11) is 0. The number of alkyl halides is 3. The molecular weight excluding hydrogens is 317 g/mol. The highest BCUT2D eigenvalue weighted by Crippen LogP contribution is 2.33. The van der Waals surface area contributed by atoms with Gasteiger partial charge in [-0.1, -0.05) is 12.1 Å². The Bertz CT molecular complexity index is 568. The minimum Gasteiger partial charge on any atom is -0.384 e. The molecule has 1 aromatic rings. The average molecular weight is 342 g/mol. The van der Waals surface area contributed by atoms with Crippen molar-refractivity contribution < 1.29 is 18.3 Å². The molecular formula is C18H25F3N2O. The molecule has 1 N–H and O–H groups in total. The third-order valence-electron chi connectivity index (χ3n) is 5.25.